The molecule has 1 aromatic heterocycles. The molecule has 10 heteroatoms. The Bertz CT molecular complexity index is 907. The van der Waals surface area contributed by atoms with Crippen LogP contribution in [-0.4, -0.2) is 51.7 Å². The van der Waals surface area contributed by atoms with E-state index in [1.807, 2.05) is 0 Å². The maximum Gasteiger partial charge on any atom is 0.350 e. The fourth-order valence-electron chi connectivity index (χ4n) is 4.20. The largest absolute Gasteiger partial charge is 0.393 e. The fourth-order valence-corrected chi connectivity index (χ4v) is 5.24. The van der Waals surface area contributed by atoms with Gasteiger partial charge in [0.2, 0.25) is 11.8 Å². The standard InChI is InChI=1S/C28H46N4O5S/c1-2-3-4-5-6-7-8-9-10-11-12-13-14-15-16-17-24(34)29-20-25(35)30-23-18-19-32(28(36)31-23)26-22-37-27(21-33)38-26/h9-10,18-19,26-27,33H,2-8,11-17,20-22H2,1H3,(H,29,34)(H,30,31,35,36). The highest BCUT2D eigenvalue weighted by Crippen LogP contribution is 2.34. The highest BCUT2D eigenvalue weighted by Gasteiger charge is 2.27. The maximum atomic E-state index is 12.3. The molecule has 0 radical (unpaired) electrons. The molecule has 0 bridgehead atoms. The van der Waals surface area contributed by atoms with Gasteiger partial charge in [-0.05, 0) is 38.2 Å². The van der Waals surface area contributed by atoms with Crippen molar-refractivity contribution in [2.45, 2.75) is 108 Å². The topological polar surface area (TPSA) is 123 Å². The zero-order chi connectivity index (χ0) is 27.4. The van der Waals surface area contributed by atoms with E-state index >= 15 is 0 Å². The van der Waals surface area contributed by atoms with Crippen LogP contribution < -0.4 is 16.3 Å². The van der Waals surface area contributed by atoms with E-state index in [-0.39, 0.29) is 35.7 Å². The van der Waals surface area contributed by atoms with Gasteiger partial charge in [-0.15, -0.1) is 11.8 Å². The van der Waals surface area contributed by atoms with Gasteiger partial charge in [0.15, 0.2) is 0 Å². The molecule has 2 atom stereocenters. The first-order valence-electron chi connectivity index (χ1n) is 14.2. The van der Waals surface area contributed by atoms with Crippen molar-refractivity contribution in [3.8, 4) is 0 Å². The van der Waals surface area contributed by atoms with Crippen molar-refractivity contribution in [2.75, 3.05) is 25.1 Å². The number of carbonyl (C=O) groups excluding carboxylic acids is 2. The molecule has 9 nitrogen and oxygen atoms in total. The van der Waals surface area contributed by atoms with Crippen LogP contribution in [0.25, 0.3) is 0 Å². The summed E-state index contributed by atoms with van der Waals surface area (Å²) in [5.74, 6) is -0.463. The fraction of sp³-hybridized carbons (Fsp3) is 0.714. The quantitative estimate of drug-likeness (QED) is 0.156. The van der Waals surface area contributed by atoms with Crippen LogP contribution in [0.15, 0.2) is 29.2 Å². The molecular formula is C28H46N4O5S. The van der Waals surface area contributed by atoms with Gasteiger partial charge in [0, 0.05) is 12.6 Å². The first-order chi connectivity index (χ1) is 18.5. The summed E-state index contributed by atoms with van der Waals surface area (Å²) in [6, 6.07) is 1.53. The number of hydrogen-bond acceptors (Lipinski definition) is 7. The van der Waals surface area contributed by atoms with Gasteiger partial charge in [-0.2, -0.15) is 4.98 Å². The smallest absolute Gasteiger partial charge is 0.350 e. The number of aliphatic hydroxyl groups excluding tert-OH is 1. The minimum atomic E-state index is -0.518. The molecule has 1 fully saturated rings. The van der Waals surface area contributed by atoms with Crippen LogP contribution in [0.5, 0.6) is 0 Å². The van der Waals surface area contributed by atoms with Crippen LogP contribution in [0.3, 0.4) is 0 Å². The summed E-state index contributed by atoms with van der Waals surface area (Å²) in [7, 11) is 0. The summed E-state index contributed by atoms with van der Waals surface area (Å²) in [6.07, 6.45) is 22.2. The number of unbranched alkanes of at least 4 members (excludes halogenated alkanes) is 11. The SMILES string of the molecule is CCCCCCCCC=CCCCCCCCC(=O)NCC(=O)Nc1ccn(C2COC(CO)S2)c(=O)n1. The summed E-state index contributed by atoms with van der Waals surface area (Å²) in [4.78, 5) is 40.3. The van der Waals surface area contributed by atoms with Gasteiger partial charge in [-0.3, -0.25) is 14.2 Å². The van der Waals surface area contributed by atoms with E-state index in [0.717, 1.165) is 25.7 Å². The molecule has 38 heavy (non-hydrogen) atoms. The lowest BCUT2D eigenvalue weighted by atomic mass is 10.1. The molecule has 2 heterocycles. The number of hydrogen-bond donors (Lipinski definition) is 3. The molecule has 0 aromatic carbocycles. The number of carbonyl (C=O) groups is 2. The second-order valence-corrected chi connectivity index (χ2v) is 11.0. The van der Waals surface area contributed by atoms with Gasteiger partial charge in [0.25, 0.3) is 0 Å². The molecule has 1 aromatic rings. The first kappa shape index (κ1) is 32.0. The Morgan fingerprint density at radius 1 is 1.05 bits per heavy atom. The summed E-state index contributed by atoms with van der Waals surface area (Å²) in [5.41, 5.74) is -0.877. The van der Waals surface area contributed by atoms with E-state index in [1.165, 1.54) is 86.4 Å². The number of thioether (sulfide) groups is 1. The Morgan fingerprint density at radius 3 is 2.34 bits per heavy atom. The zero-order valence-electron chi connectivity index (χ0n) is 22.9. The molecule has 1 aliphatic heterocycles. The number of amides is 2. The van der Waals surface area contributed by atoms with Gasteiger partial charge < -0.3 is 20.5 Å². The Kier molecular flexibility index (Phi) is 16.7. The van der Waals surface area contributed by atoms with Gasteiger partial charge in [-0.1, -0.05) is 70.4 Å². The van der Waals surface area contributed by atoms with Crippen LogP contribution in [0, 0.1) is 0 Å². The van der Waals surface area contributed by atoms with Crippen LogP contribution in [0.4, 0.5) is 5.82 Å². The Morgan fingerprint density at radius 2 is 1.71 bits per heavy atom. The highest BCUT2D eigenvalue weighted by atomic mass is 32.2. The molecule has 0 aliphatic carbocycles. The second kappa shape index (κ2) is 19.8. The van der Waals surface area contributed by atoms with Gasteiger partial charge in [-0.25, -0.2) is 4.79 Å². The van der Waals surface area contributed by atoms with Crippen molar-refractivity contribution >= 4 is 29.4 Å². The predicted molar refractivity (Wildman–Crippen MR) is 153 cm³/mol. The van der Waals surface area contributed by atoms with Gasteiger partial charge >= 0.3 is 5.69 Å². The van der Waals surface area contributed by atoms with Gasteiger partial charge in [0.1, 0.15) is 16.6 Å². The first-order valence-corrected chi connectivity index (χ1v) is 15.2. The highest BCUT2D eigenvalue weighted by molar-refractivity contribution is 8.00. The number of aliphatic hydroxyl groups is 1. The van der Waals surface area contributed by atoms with Crippen LogP contribution in [-0.2, 0) is 14.3 Å². The predicted octanol–water partition coefficient (Wildman–Crippen LogP) is 4.92. The molecule has 2 rings (SSSR count). The average Bonchev–Trinajstić information content (AvgIpc) is 3.39. The molecule has 1 saturated heterocycles. The number of nitrogens with one attached hydrogen (secondary N) is 2. The summed E-state index contributed by atoms with van der Waals surface area (Å²) >= 11 is 1.34. The lowest BCUT2D eigenvalue weighted by Crippen LogP contribution is -2.34. The van der Waals surface area contributed by atoms with Crippen LogP contribution in [0.2, 0.25) is 0 Å². The summed E-state index contributed by atoms with van der Waals surface area (Å²) < 4.78 is 6.78. The molecule has 0 saturated carbocycles. The third-order valence-corrected chi connectivity index (χ3v) is 7.67. The van der Waals surface area contributed by atoms with Crippen molar-refractivity contribution in [3.05, 3.63) is 34.9 Å². The lowest BCUT2D eigenvalue weighted by molar-refractivity contribution is -0.124. The van der Waals surface area contributed by atoms with E-state index in [1.54, 1.807) is 0 Å². The number of nitrogens with zero attached hydrogens (tertiary/aromatic N) is 2. The van der Waals surface area contributed by atoms with Gasteiger partial charge in [0.05, 0.1) is 19.8 Å². The van der Waals surface area contributed by atoms with Crippen molar-refractivity contribution in [1.82, 2.24) is 14.9 Å². The molecule has 0 spiro atoms. The number of ether oxygens (including phenoxy) is 1. The average molecular weight is 551 g/mol. The zero-order valence-corrected chi connectivity index (χ0v) is 23.7. The molecule has 2 amide bonds. The molecule has 214 valence electrons. The third-order valence-electron chi connectivity index (χ3n) is 6.40. The maximum absolute atomic E-state index is 12.3. The van der Waals surface area contributed by atoms with Crippen molar-refractivity contribution in [3.63, 3.8) is 0 Å². The Hall–Kier alpha value is -2.17. The van der Waals surface area contributed by atoms with Crippen molar-refractivity contribution in [1.29, 1.82) is 0 Å². The number of allylic oxidation sites excluding steroid dienone is 2. The van der Waals surface area contributed by atoms with E-state index < -0.39 is 11.6 Å². The van der Waals surface area contributed by atoms with E-state index in [0.29, 0.717) is 13.0 Å². The molecular weight excluding hydrogens is 504 g/mol. The minimum absolute atomic E-state index is 0.125. The second-order valence-electron chi connectivity index (χ2n) is 9.70. The Labute approximate surface area is 231 Å². The molecule has 2 unspecified atom stereocenters. The third kappa shape index (κ3) is 13.6. The number of rotatable bonds is 20. The van der Waals surface area contributed by atoms with E-state index in [9.17, 15) is 14.4 Å². The Balaban J connectivity index is 1.47. The summed E-state index contributed by atoms with van der Waals surface area (Å²) in [5, 5.41) is 14.0. The normalized spacial score (nSPS) is 17.2. The lowest BCUT2D eigenvalue weighted by Gasteiger charge is -2.12. The monoisotopic (exact) mass is 550 g/mol. The van der Waals surface area contributed by atoms with E-state index in [2.05, 4.69) is 34.7 Å². The molecule has 1 aliphatic rings. The summed E-state index contributed by atoms with van der Waals surface area (Å²) in [6.45, 7) is 2.25. The molecule has 3 N–H and O–H groups in total. The van der Waals surface area contributed by atoms with E-state index in [4.69, 9.17) is 9.84 Å². The number of anilines is 1. The van der Waals surface area contributed by atoms with Crippen LogP contribution in [0.1, 0.15) is 102 Å². The van der Waals surface area contributed by atoms with Crippen molar-refractivity contribution < 1.29 is 19.4 Å². The number of aromatic nitrogens is 2. The van der Waals surface area contributed by atoms with Crippen LogP contribution >= 0.6 is 11.8 Å². The van der Waals surface area contributed by atoms with Crippen molar-refractivity contribution in [2.24, 2.45) is 0 Å². The minimum Gasteiger partial charge on any atom is -0.393 e.